The molecule has 2 aromatic carbocycles. The molecule has 4 heteroatoms. The zero-order valence-corrected chi connectivity index (χ0v) is 16.5. The Balaban J connectivity index is 1.66. The zero-order chi connectivity index (χ0) is 19.4. The van der Waals surface area contributed by atoms with Crippen LogP contribution in [0.15, 0.2) is 54.6 Å². The Bertz CT molecular complexity index is 754. The molecule has 144 valence electrons. The van der Waals surface area contributed by atoms with E-state index in [-0.39, 0.29) is 18.2 Å². The van der Waals surface area contributed by atoms with E-state index in [4.69, 9.17) is 14.2 Å². The summed E-state index contributed by atoms with van der Waals surface area (Å²) in [5, 5.41) is 0. The summed E-state index contributed by atoms with van der Waals surface area (Å²) in [4.78, 5) is 12.3. The second-order valence-corrected chi connectivity index (χ2v) is 7.64. The number of esters is 1. The highest BCUT2D eigenvalue weighted by Crippen LogP contribution is 2.42. The first-order valence-electron chi connectivity index (χ1n) is 9.46. The third-order valence-electron chi connectivity index (χ3n) is 5.50. The SMILES string of the molecule is COc1ccc(CO[C@@H](C[C@H]2OC(=O)[C@]2(C)c2ccccc2)C(C)C)cc1. The highest BCUT2D eigenvalue weighted by atomic mass is 16.6. The number of rotatable bonds is 8. The van der Waals surface area contributed by atoms with E-state index in [1.54, 1.807) is 7.11 Å². The summed E-state index contributed by atoms with van der Waals surface area (Å²) in [6, 6.07) is 17.8. The Labute approximate surface area is 161 Å². The molecule has 0 aliphatic carbocycles. The van der Waals surface area contributed by atoms with Crippen molar-refractivity contribution in [3.8, 4) is 5.75 Å². The monoisotopic (exact) mass is 368 g/mol. The van der Waals surface area contributed by atoms with Gasteiger partial charge in [-0.1, -0.05) is 56.3 Å². The van der Waals surface area contributed by atoms with E-state index >= 15 is 0 Å². The van der Waals surface area contributed by atoms with Gasteiger partial charge in [0.1, 0.15) is 17.3 Å². The highest BCUT2D eigenvalue weighted by Gasteiger charge is 2.56. The Morgan fingerprint density at radius 1 is 1.07 bits per heavy atom. The molecule has 4 nitrogen and oxygen atoms in total. The van der Waals surface area contributed by atoms with Crippen molar-refractivity contribution in [3.63, 3.8) is 0 Å². The Morgan fingerprint density at radius 3 is 2.30 bits per heavy atom. The zero-order valence-electron chi connectivity index (χ0n) is 16.5. The molecule has 0 N–H and O–H groups in total. The van der Waals surface area contributed by atoms with Crippen molar-refractivity contribution in [2.24, 2.45) is 5.92 Å². The minimum absolute atomic E-state index is 0.00763. The molecule has 1 heterocycles. The van der Waals surface area contributed by atoms with Crippen molar-refractivity contribution in [1.82, 2.24) is 0 Å². The molecular weight excluding hydrogens is 340 g/mol. The second kappa shape index (κ2) is 8.13. The van der Waals surface area contributed by atoms with Gasteiger partial charge in [-0.25, -0.2) is 0 Å². The maximum absolute atomic E-state index is 12.3. The summed E-state index contributed by atoms with van der Waals surface area (Å²) >= 11 is 0. The van der Waals surface area contributed by atoms with E-state index in [1.165, 1.54) is 0 Å². The lowest BCUT2D eigenvalue weighted by atomic mass is 9.71. The van der Waals surface area contributed by atoms with E-state index in [9.17, 15) is 4.79 Å². The predicted octanol–water partition coefficient (Wildman–Crippen LogP) is 4.51. The molecule has 27 heavy (non-hydrogen) atoms. The summed E-state index contributed by atoms with van der Waals surface area (Å²) in [5.41, 5.74) is 1.50. The van der Waals surface area contributed by atoms with Crippen LogP contribution in [0.5, 0.6) is 5.75 Å². The topological polar surface area (TPSA) is 44.8 Å². The van der Waals surface area contributed by atoms with Gasteiger partial charge in [-0.15, -0.1) is 0 Å². The Kier molecular flexibility index (Phi) is 5.85. The van der Waals surface area contributed by atoms with E-state index in [1.807, 2.05) is 61.5 Å². The Hall–Kier alpha value is -2.33. The van der Waals surface area contributed by atoms with Gasteiger partial charge in [-0.3, -0.25) is 4.79 Å². The molecule has 3 atom stereocenters. The van der Waals surface area contributed by atoms with Crippen LogP contribution in [0.2, 0.25) is 0 Å². The van der Waals surface area contributed by atoms with E-state index in [0.717, 1.165) is 16.9 Å². The number of ether oxygens (including phenoxy) is 3. The molecule has 1 fully saturated rings. The molecule has 2 aromatic rings. The van der Waals surface area contributed by atoms with Gasteiger partial charge in [0.05, 0.1) is 19.8 Å². The average Bonchev–Trinajstić information content (AvgIpc) is 2.70. The minimum Gasteiger partial charge on any atom is -0.497 e. The number of hydrogen-bond acceptors (Lipinski definition) is 4. The van der Waals surface area contributed by atoms with Gasteiger partial charge in [-0.2, -0.15) is 0 Å². The molecule has 0 amide bonds. The number of methoxy groups -OCH3 is 1. The van der Waals surface area contributed by atoms with Gasteiger partial charge in [0, 0.05) is 6.42 Å². The molecular formula is C23H28O4. The second-order valence-electron chi connectivity index (χ2n) is 7.64. The van der Waals surface area contributed by atoms with Crippen LogP contribution in [0.1, 0.15) is 38.3 Å². The van der Waals surface area contributed by atoms with Gasteiger partial charge < -0.3 is 14.2 Å². The molecule has 1 saturated heterocycles. The average molecular weight is 368 g/mol. The first-order chi connectivity index (χ1) is 12.9. The maximum atomic E-state index is 12.3. The lowest BCUT2D eigenvalue weighted by Gasteiger charge is -2.46. The van der Waals surface area contributed by atoms with Crippen molar-refractivity contribution in [3.05, 3.63) is 65.7 Å². The molecule has 0 spiro atoms. The van der Waals surface area contributed by atoms with Crippen LogP contribution in [-0.2, 0) is 26.3 Å². The van der Waals surface area contributed by atoms with E-state index in [0.29, 0.717) is 18.9 Å². The maximum Gasteiger partial charge on any atom is 0.320 e. The molecule has 0 saturated carbocycles. The van der Waals surface area contributed by atoms with Gasteiger partial charge in [0.25, 0.3) is 0 Å². The first-order valence-corrected chi connectivity index (χ1v) is 9.46. The number of cyclic esters (lactones) is 1. The fourth-order valence-corrected chi connectivity index (χ4v) is 3.48. The minimum atomic E-state index is -0.599. The molecule has 0 unspecified atom stereocenters. The Morgan fingerprint density at radius 2 is 1.74 bits per heavy atom. The van der Waals surface area contributed by atoms with Crippen molar-refractivity contribution < 1.29 is 19.0 Å². The van der Waals surface area contributed by atoms with E-state index in [2.05, 4.69) is 13.8 Å². The lowest BCUT2D eigenvalue weighted by Crippen LogP contribution is -2.59. The number of benzene rings is 2. The lowest BCUT2D eigenvalue weighted by molar-refractivity contribution is -0.195. The molecule has 1 aliphatic rings. The highest BCUT2D eigenvalue weighted by molar-refractivity contribution is 5.89. The van der Waals surface area contributed by atoms with Crippen LogP contribution in [0, 0.1) is 5.92 Å². The summed E-state index contributed by atoms with van der Waals surface area (Å²) in [6.45, 7) is 6.77. The number of hydrogen-bond donors (Lipinski definition) is 0. The summed E-state index contributed by atoms with van der Waals surface area (Å²) in [6.07, 6.45) is 0.522. The smallest absolute Gasteiger partial charge is 0.320 e. The third kappa shape index (κ3) is 4.01. The molecule has 1 aliphatic heterocycles. The largest absolute Gasteiger partial charge is 0.497 e. The van der Waals surface area contributed by atoms with Crippen LogP contribution in [0.25, 0.3) is 0 Å². The van der Waals surface area contributed by atoms with Gasteiger partial charge in [0.2, 0.25) is 0 Å². The standard InChI is InChI=1S/C23H28O4/c1-16(2)20(26-15-17-10-12-19(25-4)13-11-17)14-21-23(3,22(24)27-21)18-8-6-5-7-9-18/h5-13,16,20-21H,14-15H2,1-4H3/t20-,21+,23+/m0/s1. The van der Waals surface area contributed by atoms with E-state index < -0.39 is 5.41 Å². The molecule has 3 rings (SSSR count). The van der Waals surface area contributed by atoms with Crippen molar-refractivity contribution >= 4 is 5.97 Å². The summed E-state index contributed by atoms with van der Waals surface area (Å²) in [5.74, 6) is 0.998. The molecule has 0 aromatic heterocycles. The van der Waals surface area contributed by atoms with Crippen LogP contribution in [0.3, 0.4) is 0 Å². The van der Waals surface area contributed by atoms with Gasteiger partial charge in [0.15, 0.2) is 0 Å². The molecule has 0 bridgehead atoms. The summed E-state index contributed by atoms with van der Waals surface area (Å²) < 4.78 is 16.9. The fourth-order valence-electron chi connectivity index (χ4n) is 3.48. The van der Waals surface area contributed by atoms with Crippen molar-refractivity contribution in [2.45, 2.75) is 51.4 Å². The number of carbonyl (C=O) groups is 1. The van der Waals surface area contributed by atoms with Gasteiger partial charge >= 0.3 is 5.97 Å². The first kappa shape index (κ1) is 19.4. The van der Waals surface area contributed by atoms with Gasteiger partial charge in [-0.05, 0) is 36.1 Å². The predicted molar refractivity (Wildman–Crippen MR) is 105 cm³/mol. The summed E-state index contributed by atoms with van der Waals surface area (Å²) in [7, 11) is 1.66. The van der Waals surface area contributed by atoms with Crippen LogP contribution < -0.4 is 4.74 Å². The van der Waals surface area contributed by atoms with Crippen molar-refractivity contribution in [2.75, 3.05) is 7.11 Å². The van der Waals surface area contributed by atoms with Crippen molar-refractivity contribution in [1.29, 1.82) is 0 Å². The number of carbonyl (C=O) groups excluding carboxylic acids is 1. The third-order valence-corrected chi connectivity index (χ3v) is 5.50. The van der Waals surface area contributed by atoms with Crippen LogP contribution in [-0.4, -0.2) is 25.3 Å². The van der Waals surface area contributed by atoms with Crippen LogP contribution >= 0.6 is 0 Å². The quantitative estimate of drug-likeness (QED) is 0.643. The molecule has 0 radical (unpaired) electrons. The van der Waals surface area contributed by atoms with Crippen LogP contribution in [0.4, 0.5) is 0 Å². The fraction of sp³-hybridized carbons (Fsp3) is 0.435. The normalized spacial score (nSPS) is 22.9.